The lowest BCUT2D eigenvalue weighted by Gasteiger charge is -2.23. The molecule has 1 aliphatic rings. The molecule has 9 nitrogen and oxygen atoms in total. The summed E-state index contributed by atoms with van der Waals surface area (Å²) in [7, 11) is -3.89. The Balaban J connectivity index is 2.11. The smallest absolute Gasteiger partial charge is 0.304 e. The first-order valence-corrected chi connectivity index (χ1v) is 9.93. The van der Waals surface area contributed by atoms with E-state index in [1.165, 1.54) is 22.6 Å². The summed E-state index contributed by atoms with van der Waals surface area (Å²) in [5.41, 5.74) is 10.8. The Morgan fingerprint density at radius 3 is 2.78 bits per heavy atom. The fourth-order valence-corrected chi connectivity index (χ4v) is 5.15. The van der Waals surface area contributed by atoms with E-state index >= 15 is 0 Å². The Kier molecular flexibility index (Phi) is 5.22. The predicted molar refractivity (Wildman–Crippen MR) is 101 cm³/mol. The van der Waals surface area contributed by atoms with Crippen LogP contribution < -0.4 is 11.5 Å². The van der Waals surface area contributed by atoms with Crippen molar-refractivity contribution in [1.82, 2.24) is 9.29 Å². The number of rotatable bonds is 5. The molecule has 0 radical (unpaired) electrons. The van der Waals surface area contributed by atoms with Crippen molar-refractivity contribution in [2.45, 2.75) is 30.2 Å². The molecule has 0 spiro atoms. The first kappa shape index (κ1) is 19.3. The predicted octanol–water partition coefficient (Wildman–Crippen LogP) is 1.42. The Morgan fingerprint density at radius 1 is 1.37 bits per heavy atom. The fraction of sp³-hybridized carbons (Fsp3) is 0.312. The minimum Gasteiger partial charge on any atom is -0.481 e. The van der Waals surface area contributed by atoms with Crippen molar-refractivity contribution in [3.63, 3.8) is 0 Å². The molecule has 1 aliphatic heterocycles. The van der Waals surface area contributed by atoms with Gasteiger partial charge < -0.3 is 16.6 Å². The van der Waals surface area contributed by atoms with Gasteiger partial charge in [0, 0.05) is 29.6 Å². The zero-order valence-corrected chi connectivity index (χ0v) is 15.7. The molecule has 5 N–H and O–H groups in total. The lowest BCUT2D eigenvalue weighted by Crippen LogP contribution is -2.36. The summed E-state index contributed by atoms with van der Waals surface area (Å²) in [5.74, 6) is -1.11. The van der Waals surface area contributed by atoms with Crippen LogP contribution in [-0.4, -0.2) is 47.3 Å². The van der Waals surface area contributed by atoms with Crippen molar-refractivity contribution in [2.24, 2.45) is 16.5 Å². The summed E-state index contributed by atoms with van der Waals surface area (Å²) in [6.07, 6.45) is 2.26. The van der Waals surface area contributed by atoms with Gasteiger partial charge in [-0.3, -0.25) is 4.79 Å². The summed E-state index contributed by atoms with van der Waals surface area (Å²) in [5, 5.41) is 10.3. The van der Waals surface area contributed by atoms with E-state index in [4.69, 9.17) is 28.2 Å². The molecule has 1 atom stereocenters. The van der Waals surface area contributed by atoms with E-state index in [0.29, 0.717) is 28.6 Å². The number of halogens is 1. The van der Waals surface area contributed by atoms with Crippen LogP contribution >= 0.6 is 11.6 Å². The number of aliphatic imine (C=N–C) groups is 1. The van der Waals surface area contributed by atoms with Gasteiger partial charge in [0.15, 0.2) is 11.8 Å². The largest absolute Gasteiger partial charge is 0.481 e. The number of hydrogen-bond acceptors (Lipinski definition) is 5. The highest BCUT2D eigenvalue weighted by molar-refractivity contribution is 7.89. The molecule has 3 rings (SSSR count). The van der Waals surface area contributed by atoms with E-state index in [9.17, 15) is 13.2 Å². The zero-order chi connectivity index (χ0) is 19.8. The molecule has 0 saturated carbocycles. The summed E-state index contributed by atoms with van der Waals surface area (Å²) in [4.78, 5) is 19.0. The monoisotopic (exact) mass is 411 g/mol. The number of hydrogen-bond donors (Lipinski definition) is 3. The number of carboxylic acid groups (broad SMARTS) is 1. The average Bonchev–Trinajstić information content (AvgIpc) is 3.05. The molecule has 1 aromatic carbocycles. The molecule has 11 heteroatoms. The van der Waals surface area contributed by atoms with Crippen LogP contribution in [0.25, 0.3) is 10.8 Å². The van der Waals surface area contributed by atoms with Crippen molar-refractivity contribution >= 4 is 50.1 Å². The van der Waals surface area contributed by atoms with Gasteiger partial charge in [0.2, 0.25) is 10.0 Å². The maximum atomic E-state index is 13.1. The highest BCUT2D eigenvalue weighted by atomic mass is 35.5. The van der Waals surface area contributed by atoms with Crippen LogP contribution in [-0.2, 0) is 14.8 Å². The number of aliphatic carboxylic acids is 1. The minimum atomic E-state index is -3.89. The lowest BCUT2D eigenvalue weighted by atomic mass is 10.1. The van der Waals surface area contributed by atoms with Gasteiger partial charge in [-0.1, -0.05) is 17.7 Å². The van der Waals surface area contributed by atoms with E-state index in [1.54, 1.807) is 6.07 Å². The molecule has 1 saturated heterocycles. The average molecular weight is 412 g/mol. The number of nitrogens with two attached hydrogens (primary N) is 2. The van der Waals surface area contributed by atoms with E-state index < -0.39 is 22.0 Å². The molecule has 2 heterocycles. The number of sulfonamides is 1. The van der Waals surface area contributed by atoms with Gasteiger partial charge in [-0.2, -0.15) is 9.30 Å². The van der Waals surface area contributed by atoms with Crippen LogP contribution in [0.1, 0.15) is 19.3 Å². The van der Waals surface area contributed by atoms with Gasteiger partial charge in [-0.15, -0.1) is 0 Å². The number of carbonyl (C=O) groups is 1. The number of pyridine rings is 1. The normalized spacial score (nSPS) is 17.9. The van der Waals surface area contributed by atoms with Gasteiger partial charge in [0.05, 0.1) is 16.3 Å². The van der Waals surface area contributed by atoms with Gasteiger partial charge in [-0.25, -0.2) is 13.4 Å². The van der Waals surface area contributed by atoms with Gasteiger partial charge in [-0.05, 0) is 25.0 Å². The lowest BCUT2D eigenvalue weighted by molar-refractivity contribution is -0.137. The second-order valence-corrected chi connectivity index (χ2v) is 8.48. The molecule has 1 fully saturated rings. The molecule has 1 aromatic heterocycles. The highest BCUT2D eigenvalue weighted by Gasteiger charge is 2.36. The third-order valence-corrected chi connectivity index (χ3v) is 6.61. The number of aromatic nitrogens is 1. The van der Waals surface area contributed by atoms with Crippen molar-refractivity contribution in [2.75, 3.05) is 6.54 Å². The highest BCUT2D eigenvalue weighted by Crippen LogP contribution is 2.34. The summed E-state index contributed by atoms with van der Waals surface area (Å²) in [6.45, 7) is 0.271. The van der Waals surface area contributed by atoms with Crippen molar-refractivity contribution in [3.05, 3.63) is 29.4 Å². The Hall–Kier alpha value is -2.43. The van der Waals surface area contributed by atoms with Gasteiger partial charge >= 0.3 is 5.97 Å². The first-order valence-electron chi connectivity index (χ1n) is 8.11. The van der Waals surface area contributed by atoms with E-state index in [0.717, 1.165) is 0 Å². The maximum absolute atomic E-state index is 13.1. The quantitative estimate of drug-likeness (QED) is 0.496. The zero-order valence-electron chi connectivity index (χ0n) is 14.2. The number of benzene rings is 1. The Morgan fingerprint density at radius 2 is 2.11 bits per heavy atom. The number of fused-ring (bicyclic) bond motifs is 1. The van der Waals surface area contributed by atoms with Gasteiger partial charge in [0.1, 0.15) is 0 Å². The summed E-state index contributed by atoms with van der Waals surface area (Å²) in [6, 6.07) is 3.82. The van der Waals surface area contributed by atoms with Crippen LogP contribution in [0, 0.1) is 0 Å². The van der Waals surface area contributed by atoms with Crippen molar-refractivity contribution < 1.29 is 18.3 Å². The molecule has 2 aromatic rings. The van der Waals surface area contributed by atoms with Crippen molar-refractivity contribution in [1.29, 1.82) is 0 Å². The molecule has 0 amide bonds. The molecule has 27 heavy (non-hydrogen) atoms. The van der Waals surface area contributed by atoms with E-state index in [-0.39, 0.29) is 29.6 Å². The van der Waals surface area contributed by atoms with E-state index in [1.807, 2.05) is 0 Å². The molecule has 0 aliphatic carbocycles. The fourth-order valence-electron chi connectivity index (χ4n) is 3.21. The Labute approximate surface area is 160 Å². The van der Waals surface area contributed by atoms with E-state index in [2.05, 4.69) is 9.98 Å². The SMILES string of the molecule is NC(N)=Nc1ncc(Cl)c2ccc(S(=O)(=O)N3CCCC3CC(=O)O)cc12. The number of carboxylic acids is 1. The van der Waals surface area contributed by atoms with Crippen molar-refractivity contribution in [3.8, 4) is 0 Å². The summed E-state index contributed by atoms with van der Waals surface area (Å²) >= 11 is 6.14. The molecule has 144 valence electrons. The second-order valence-electron chi connectivity index (χ2n) is 6.18. The van der Waals surface area contributed by atoms with Crippen LogP contribution in [0.4, 0.5) is 5.82 Å². The molecule has 1 unspecified atom stereocenters. The van der Waals surface area contributed by atoms with Crippen LogP contribution in [0.3, 0.4) is 0 Å². The van der Waals surface area contributed by atoms with Crippen LogP contribution in [0.2, 0.25) is 5.02 Å². The Bertz CT molecular complexity index is 1040. The molecule has 0 bridgehead atoms. The summed E-state index contributed by atoms with van der Waals surface area (Å²) < 4.78 is 27.4. The van der Waals surface area contributed by atoms with Crippen LogP contribution in [0.5, 0.6) is 0 Å². The minimum absolute atomic E-state index is 0.00315. The number of nitrogens with zero attached hydrogens (tertiary/aromatic N) is 3. The number of guanidine groups is 1. The van der Waals surface area contributed by atoms with Gasteiger partial charge in [0.25, 0.3) is 0 Å². The van der Waals surface area contributed by atoms with Crippen LogP contribution in [0.15, 0.2) is 34.3 Å². The molecular weight excluding hydrogens is 394 g/mol. The molecular formula is C16H18ClN5O4S. The third kappa shape index (κ3) is 3.82. The first-order chi connectivity index (χ1) is 12.7. The topological polar surface area (TPSA) is 152 Å². The second kappa shape index (κ2) is 7.29. The standard InChI is InChI=1S/C16H18ClN5O4S/c17-13-8-20-15(21-16(18)19)12-7-10(3-4-11(12)13)27(25,26)22-5-1-2-9(22)6-14(23)24/h3-4,7-9H,1-2,5-6H2,(H,23,24)(H4,18,19,20,21). The third-order valence-electron chi connectivity index (χ3n) is 4.36. The maximum Gasteiger partial charge on any atom is 0.304 e.